The summed E-state index contributed by atoms with van der Waals surface area (Å²) in [6.45, 7) is 0.673. The van der Waals surface area contributed by atoms with Crippen molar-refractivity contribution in [3.8, 4) is 5.75 Å². The number of fused-ring (bicyclic) bond motifs is 1. The van der Waals surface area contributed by atoms with E-state index in [1.807, 2.05) is 72.8 Å². The van der Waals surface area contributed by atoms with Crippen molar-refractivity contribution in [1.29, 1.82) is 0 Å². The second-order valence-corrected chi connectivity index (χ2v) is 7.35. The Labute approximate surface area is 177 Å². The molecular weight excluding hydrogens is 430 g/mol. The fourth-order valence-electron chi connectivity index (χ4n) is 2.97. The lowest BCUT2D eigenvalue weighted by Gasteiger charge is -2.12. The van der Waals surface area contributed by atoms with Gasteiger partial charge in [0.05, 0.1) is 15.6 Å². The molecule has 0 radical (unpaired) electrons. The summed E-state index contributed by atoms with van der Waals surface area (Å²) in [4.78, 5) is 17.0. The van der Waals surface area contributed by atoms with Gasteiger partial charge in [0.25, 0.3) is 0 Å². The minimum atomic E-state index is -0.383. The van der Waals surface area contributed by atoms with Crippen LogP contribution < -0.4 is 4.74 Å². The zero-order chi connectivity index (χ0) is 20.1. The zero-order valence-electron chi connectivity index (χ0n) is 15.5. The van der Waals surface area contributed by atoms with Crippen molar-refractivity contribution in [2.24, 2.45) is 0 Å². The Hall–Kier alpha value is -3.18. The molecule has 0 N–H and O–H groups in total. The molecular formula is C24H18BrNO3. The van der Waals surface area contributed by atoms with Crippen molar-refractivity contribution in [2.45, 2.75) is 13.2 Å². The van der Waals surface area contributed by atoms with E-state index in [0.29, 0.717) is 28.8 Å². The lowest BCUT2D eigenvalue weighted by Crippen LogP contribution is -2.06. The molecule has 0 atom stereocenters. The van der Waals surface area contributed by atoms with Crippen LogP contribution in [0, 0.1) is 0 Å². The highest BCUT2D eigenvalue weighted by atomic mass is 79.9. The average Bonchev–Trinajstić information content (AvgIpc) is 2.77. The second-order valence-electron chi connectivity index (χ2n) is 6.49. The highest BCUT2D eigenvalue weighted by Gasteiger charge is 2.15. The van der Waals surface area contributed by atoms with Gasteiger partial charge in [-0.15, -0.1) is 0 Å². The molecule has 0 spiro atoms. The number of hydrogen-bond donors (Lipinski definition) is 0. The molecule has 0 aliphatic rings. The summed E-state index contributed by atoms with van der Waals surface area (Å²) in [7, 11) is 0. The molecule has 0 saturated heterocycles. The molecule has 1 heterocycles. The Kier molecular flexibility index (Phi) is 5.86. The van der Waals surface area contributed by atoms with Crippen LogP contribution in [0.3, 0.4) is 0 Å². The summed E-state index contributed by atoms with van der Waals surface area (Å²) in [5, 5.41) is 0.712. The fraction of sp³-hybridized carbons (Fsp3) is 0.0833. The second kappa shape index (κ2) is 8.88. The van der Waals surface area contributed by atoms with E-state index in [4.69, 9.17) is 9.47 Å². The predicted octanol–water partition coefficient (Wildman–Crippen LogP) is 5.93. The average molecular weight is 448 g/mol. The largest absolute Gasteiger partial charge is 0.488 e. The van der Waals surface area contributed by atoms with E-state index >= 15 is 0 Å². The third-order valence-corrected chi connectivity index (χ3v) is 5.08. The summed E-state index contributed by atoms with van der Waals surface area (Å²) < 4.78 is 12.2. The van der Waals surface area contributed by atoms with Gasteiger partial charge < -0.3 is 9.47 Å². The van der Waals surface area contributed by atoms with Crippen LogP contribution in [0.15, 0.2) is 89.5 Å². The third kappa shape index (κ3) is 4.63. The summed E-state index contributed by atoms with van der Waals surface area (Å²) in [5.74, 6) is 0.287. The molecule has 0 saturated carbocycles. The molecule has 0 fully saturated rings. The Bertz CT molecular complexity index is 1130. The normalized spacial score (nSPS) is 10.7. The summed E-state index contributed by atoms with van der Waals surface area (Å²) in [6, 6.07) is 24.9. The topological polar surface area (TPSA) is 48.4 Å². The maximum atomic E-state index is 12.6. The fourth-order valence-corrected chi connectivity index (χ4v) is 3.43. The first-order valence-corrected chi connectivity index (χ1v) is 9.96. The lowest BCUT2D eigenvalue weighted by atomic mass is 10.1. The number of esters is 1. The van der Waals surface area contributed by atoms with Crippen LogP contribution in [-0.4, -0.2) is 11.0 Å². The Morgan fingerprint density at radius 2 is 1.52 bits per heavy atom. The molecule has 0 bridgehead atoms. The van der Waals surface area contributed by atoms with Crippen LogP contribution in [-0.2, 0) is 18.0 Å². The molecule has 29 heavy (non-hydrogen) atoms. The Morgan fingerprint density at radius 3 is 2.21 bits per heavy atom. The van der Waals surface area contributed by atoms with E-state index < -0.39 is 0 Å². The number of halogens is 1. The molecule has 4 nitrogen and oxygen atoms in total. The Morgan fingerprint density at radius 1 is 0.862 bits per heavy atom. The number of carbonyl (C=O) groups is 1. The number of carbonyl (C=O) groups excluding carboxylic acids is 1. The summed E-state index contributed by atoms with van der Waals surface area (Å²) in [6.07, 6.45) is 1.61. The number of benzene rings is 3. The SMILES string of the molecule is O=C(OCc1ccccc1)c1ccnc2cc(OCc3ccccc3)c(Br)cc12. The lowest BCUT2D eigenvalue weighted by molar-refractivity contribution is 0.0475. The summed E-state index contributed by atoms with van der Waals surface area (Å²) in [5.41, 5.74) is 3.16. The van der Waals surface area contributed by atoms with Gasteiger partial charge in [0.15, 0.2) is 0 Å². The van der Waals surface area contributed by atoms with Gasteiger partial charge in [-0.05, 0) is 39.2 Å². The van der Waals surface area contributed by atoms with E-state index in [2.05, 4.69) is 20.9 Å². The van der Waals surface area contributed by atoms with E-state index in [1.54, 1.807) is 12.3 Å². The Balaban J connectivity index is 1.55. The van der Waals surface area contributed by atoms with Crippen LogP contribution in [0.25, 0.3) is 10.9 Å². The molecule has 4 rings (SSSR count). The van der Waals surface area contributed by atoms with Gasteiger partial charge in [-0.3, -0.25) is 4.98 Å². The number of hydrogen-bond acceptors (Lipinski definition) is 4. The van der Waals surface area contributed by atoms with Gasteiger partial charge in [0.1, 0.15) is 19.0 Å². The van der Waals surface area contributed by atoms with Crippen molar-refractivity contribution in [3.05, 3.63) is 106 Å². The first-order valence-electron chi connectivity index (χ1n) is 9.17. The van der Waals surface area contributed by atoms with Crippen molar-refractivity contribution in [3.63, 3.8) is 0 Å². The summed E-state index contributed by atoms with van der Waals surface area (Å²) >= 11 is 3.55. The molecule has 1 aromatic heterocycles. The van der Waals surface area contributed by atoms with Gasteiger partial charge in [-0.25, -0.2) is 4.79 Å². The monoisotopic (exact) mass is 447 g/mol. The molecule has 3 aromatic carbocycles. The first kappa shape index (κ1) is 19.2. The number of aromatic nitrogens is 1. The molecule has 5 heteroatoms. The highest BCUT2D eigenvalue weighted by molar-refractivity contribution is 9.10. The quantitative estimate of drug-likeness (QED) is 0.343. The van der Waals surface area contributed by atoms with Gasteiger partial charge in [-0.1, -0.05) is 60.7 Å². The van der Waals surface area contributed by atoms with E-state index in [9.17, 15) is 4.79 Å². The van der Waals surface area contributed by atoms with E-state index in [-0.39, 0.29) is 12.6 Å². The third-order valence-electron chi connectivity index (χ3n) is 4.47. The van der Waals surface area contributed by atoms with Crippen LogP contribution in [0.4, 0.5) is 0 Å². The standard InChI is InChI=1S/C24H18BrNO3/c25-21-13-20-19(24(27)29-16-18-9-5-2-6-10-18)11-12-26-22(20)14-23(21)28-15-17-7-3-1-4-8-17/h1-14H,15-16H2. The number of ether oxygens (including phenoxy) is 2. The molecule has 0 amide bonds. The van der Waals surface area contributed by atoms with Gasteiger partial charge in [0, 0.05) is 17.6 Å². The van der Waals surface area contributed by atoms with Gasteiger partial charge >= 0.3 is 5.97 Å². The maximum Gasteiger partial charge on any atom is 0.339 e. The molecule has 0 aliphatic carbocycles. The maximum absolute atomic E-state index is 12.6. The number of pyridine rings is 1. The van der Waals surface area contributed by atoms with E-state index in [1.165, 1.54) is 0 Å². The predicted molar refractivity (Wildman–Crippen MR) is 116 cm³/mol. The minimum Gasteiger partial charge on any atom is -0.488 e. The highest BCUT2D eigenvalue weighted by Crippen LogP contribution is 2.32. The van der Waals surface area contributed by atoms with Gasteiger partial charge in [0.2, 0.25) is 0 Å². The smallest absolute Gasteiger partial charge is 0.339 e. The van der Waals surface area contributed by atoms with E-state index in [0.717, 1.165) is 15.6 Å². The van der Waals surface area contributed by atoms with Crippen LogP contribution >= 0.6 is 15.9 Å². The zero-order valence-corrected chi connectivity index (χ0v) is 17.1. The van der Waals surface area contributed by atoms with Gasteiger partial charge in [-0.2, -0.15) is 0 Å². The van der Waals surface area contributed by atoms with Crippen molar-refractivity contribution in [1.82, 2.24) is 4.98 Å². The van der Waals surface area contributed by atoms with Crippen molar-refractivity contribution in [2.75, 3.05) is 0 Å². The first-order chi connectivity index (χ1) is 14.2. The van der Waals surface area contributed by atoms with Crippen LogP contribution in [0.5, 0.6) is 5.75 Å². The number of nitrogens with zero attached hydrogens (tertiary/aromatic N) is 1. The molecule has 0 aliphatic heterocycles. The molecule has 144 valence electrons. The molecule has 4 aromatic rings. The number of rotatable bonds is 6. The minimum absolute atomic E-state index is 0.225. The van der Waals surface area contributed by atoms with Crippen molar-refractivity contribution >= 4 is 32.8 Å². The van der Waals surface area contributed by atoms with Crippen molar-refractivity contribution < 1.29 is 14.3 Å². The van der Waals surface area contributed by atoms with Crippen LogP contribution in [0.2, 0.25) is 0 Å². The molecule has 0 unspecified atom stereocenters. The van der Waals surface area contributed by atoms with Crippen LogP contribution in [0.1, 0.15) is 21.5 Å².